The molecule has 3 atom stereocenters. The number of nitrogens with zero attached hydrogens (tertiary/aromatic N) is 2. The van der Waals surface area contributed by atoms with Crippen molar-refractivity contribution < 1.29 is 33.4 Å². The minimum Gasteiger partial charge on any atom is -0.490 e. The lowest BCUT2D eigenvalue weighted by Gasteiger charge is -2.43. The molecule has 2 N–H and O–H groups in total. The first-order chi connectivity index (χ1) is 30.4. The van der Waals surface area contributed by atoms with E-state index in [2.05, 4.69) is 49.6 Å². The average molecular weight is 919 g/mol. The first-order valence-corrected chi connectivity index (χ1v) is 24.8. The van der Waals surface area contributed by atoms with Crippen molar-refractivity contribution in [2.45, 2.75) is 209 Å². The molecule has 1 unspecified atom stereocenters. The Labute approximate surface area is 400 Å². The van der Waals surface area contributed by atoms with E-state index in [9.17, 15) is 24.0 Å². The molecule has 3 rings (SSSR count). The number of rotatable bonds is 22. The smallest absolute Gasteiger partial charge is 0.409 e. The molecular weight excluding hydrogens is 829 g/mol. The maximum atomic E-state index is 14.3. The van der Waals surface area contributed by atoms with E-state index >= 15 is 0 Å². The normalized spacial score (nSPS) is 19.7. The van der Waals surface area contributed by atoms with Crippen LogP contribution >= 0.6 is 0 Å². The molecule has 66 heavy (non-hydrogen) atoms. The van der Waals surface area contributed by atoms with E-state index in [1.54, 1.807) is 9.80 Å². The van der Waals surface area contributed by atoms with Crippen LogP contribution in [0, 0.1) is 16.2 Å². The topological polar surface area (TPSA) is 134 Å². The lowest BCUT2D eigenvalue weighted by Crippen LogP contribution is -2.63. The number of likely N-dealkylation sites (tertiary alicyclic amines) is 2. The number of benzene rings is 1. The molecule has 0 aliphatic carbocycles. The van der Waals surface area contributed by atoms with Gasteiger partial charge in [0.05, 0.1) is 30.1 Å². The minimum absolute atomic E-state index is 0.0231. The fourth-order valence-electron chi connectivity index (χ4n) is 9.64. The van der Waals surface area contributed by atoms with E-state index in [0.29, 0.717) is 57.9 Å². The second kappa shape index (κ2) is 23.5. The number of nitrogens with one attached hydrogen (secondary N) is 2. The van der Waals surface area contributed by atoms with E-state index in [1.165, 1.54) is 0 Å². The molecule has 2 saturated heterocycles. The summed E-state index contributed by atoms with van der Waals surface area (Å²) in [6.07, 6.45) is 16.7. The number of unbranched alkanes of at least 4 members (excludes halogenated alkanes) is 3. The van der Waals surface area contributed by atoms with Gasteiger partial charge in [0.2, 0.25) is 5.91 Å². The van der Waals surface area contributed by atoms with Crippen molar-refractivity contribution >= 4 is 29.4 Å². The number of ketones is 3. The number of carbonyl (C=O) groups excluding carboxylic acids is 5. The SMILES string of the molecule is CC(C)(C)NC(CCC/C=C/CCCOC(=O)N1CC[C@@](NC(C)(C)C)(C(=O)C(C)(C)C)C1)(CCC/C=C/COc1cccc(CC(=O)N2CCC[C@H]2C(=O)C(C)(C)C)c1)C(=O)C(C)(C)C. The van der Waals surface area contributed by atoms with Crippen molar-refractivity contribution in [3.8, 4) is 5.75 Å². The molecule has 0 aromatic heterocycles. The zero-order valence-corrected chi connectivity index (χ0v) is 44.0. The summed E-state index contributed by atoms with van der Waals surface area (Å²) >= 11 is 0. The van der Waals surface area contributed by atoms with E-state index in [-0.39, 0.29) is 52.9 Å². The molecule has 0 saturated carbocycles. The lowest BCUT2D eigenvalue weighted by molar-refractivity contribution is -0.140. The molecule has 2 heterocycles. The Hall–Kier alpha value is -3.83. The summed E-state index contributed by atoms with van der Waals surface area (Å²) in [5.74, 6) is 1.14. The summed E-state index contributed by atoms with van der Waals surface area (Å²) in [6.45, 7) is 32.2. The maximum Gasteiger partial charge on any atom is 0.409 e. The molecule has 0 radical (unpaired) electrons. The van der Waals surface area contributed by atoms with Crippen LogP contribution in [0.5, 0.6) is 5.75 Å². The first kappa shape index (κ1) is 56.5. The predicted molar refractivity (Wildman–Crippen MR) is 268 cm³/mol. The van der Waals surface area contributed by atoms with Crippen molar-refractivity contribution in [2.75, 3.05) is 32.8 Å². The van der Waals surface area contributed by atoms with E-state index in [4.69, 9.17) is 9.47 Å². The van der Waals surface area contributed by atoms with Crippen LogP contribution < -0.4 is 15.4 Å². The summed E-state index contributed by atoms with van der Waals surface area (Å²) in [6, 6.07) is 7.28. The summed E-state index contributed by atoms with van der Waals surface area (Å²) in [4.78, 5) is 70.6. The number of amides is 2. The Morgan fingerprint density at radius 1 is 0.742 bits per heavy atom. The van der Waals surface area contributed by atoms with Gasteiger partial charge < -0.3 is 24.6 Å². The number of Topliss-reactive ketones (excluding diaryl/α,β-unsaturated/α-hetero) is 3. The van der Waals surface area contributed by atoms with Crippen LogP contribution in [-0.2, 0) is 30.3 Å². The fourth-order valence-corrected chi connectivity index (χ4v) is 9.64. The van der Waals surface area contributed by atoms with Crippen molar-refractivity contribution in [2.24, 2.45) is 16.2 Å². The van der Waals surface area contributed by atoms with Crippen LogP contribution in [0.25, 0.3) is 0 Å². The van der Waals surface area contributed by atoms with Gasteiger partial charge in [0.25, 0.3) is 0 Å². The van der Waals surface area contributed by atoms with Crippen LogP contribution in [0.3, 0.4) is 0 Å². The Morgan fingerprint density at radius 2 is 1.35 bits per heavy atom. The molecule has 0 bridgehead atoms. The van der Waals surface area contributed by atoms with Gasteiger partial charge in [-0.3, -0.25) is 24.5 Å². The highest BCUT2D eigenvalue weighted by Crippen LogP contribution is 2.35. The summed E-state index contributed by atoms with van der Waals surface area (Å²) in [5.41, 5.74) is -2.70. The van der Waals surface area contributed by atoms with Crippen molar-refractivity contribution in [3.05, 3.63) is 54.1 Å². The third-order valence-electron chi connectivity index (χ3n) is 12.2. The number of hydrogen-bond donors (Lipinski definition) is 2. The molecule has 2 fully saturated rings. The van der Waals surface area contributed by atoms with Crippen LogP contribution in [0.1, 0.15) is 180 Å². The standard InChI is InChI=1S/C55H90N4O7/c1-49(2,3)45(61)43-30-27-34-59(43)44(60)39-41-28-26-29-42(38-41)65-36-24-21-19-23-32-54(56-52(10,11)12,46(62)50(4,5)6)31-22-18-16-17-20-25-37-66-48(64)58-35-33-55(40-58,57-53(13,14)15)47(63)51(7,8)9/h16-17,21,24,26,28-29,38,43,56-57H,18-20,22-23,25,27,30-37,39-40H2,1-15H3/b17-16+,24-21+/t43-,54?,55-/m0/s1. The second-order valence-corrected chi connectivity index (χ2v) is 24.2. The van der Waals surface area contributed by atoms with Crippen LogP contribution in [0.4, 0.5) is 4.79 Å². The number of ether oxygens (including phenoxy) is 2. The third kappa shape index (κ3) is 17.7. The molecule has 1 aromatic carbocycles. The molecule has 372 valence electrons. The van der Waals surface area contributed by atoms with E-state index in [1.807, 2.05) is 113 Å². The highest BCUT2D eigenvalue weighted by molar-refractivity contribution is 5.95. The van der Waals surface area contributed by atoms with Crippen molar-refractivity contribution in [1.29, 1.82) is 0 Å². The zero-order valence-electron chi connectivity index (χ0n) is 44.0. The van der Waals surface area contributed by atoms with Gasteiger partial charge in [0.15, 0.2) is 17.3 Å². The largest absolute Gasteiger partial charge is 0.490 e. The van der Waals surface area contributed by atoms with Gasteiger partial charge in [0.1, 0.15) is 12.4 Å². The average Bonchev–Trinajstić information content (AvgIpc) is 3.85. The first-order valence-electron chi connectivity index (χ1n) is 24.8. The fraction of sp³-hybridized carbons (Fsp3) is 0.727. The monoisotopic (exact) mass is 919 g/mol. The maximum absolute atomic E-state index is 14.3. The summed E-state index contributed by atoms with van der Waals surface area (Å²) in [5, 5.41) is 7.34. The second-order valence-electron chi connectivity index (χ2n) is 24.2. The van der Waals surface area contributed by atoms with Gasteiger partial charge in [-0.1, -0.05) is 98.8 Å². The zero-order chi connectivity index (χ0) is 49.8. The van der Waals surface area contributed by atoms with Crippen molar-refractivity contribution in [3.63, 3.8) is 0 Å². The Kier molecular flexibility index (Phi) is 20.1. The van der Waals surface area contributed by atoms with E-state index < -0.39 is 27.3 Å². The van der Waals surface area contributed by atoms with Gasteiger partial charge in [-0.15, -0.1) is 0 Å². The van der Waals surface area contributed by atoms with Crippen LogP contribution in [0.2, 0.25) is 0 Å². The number of carbonyl (C=O) groups is 5. The molecule has 11 heteroatoms. The molecule has 2 aliphatic rings. The van der Waals surface area contributed by atoms with Gasteiger partial charge in [0, 0.05) is 47.0 Å². The van der Waals surface area contributed by atoms with Gasteiger partial charge >= 0.3 is 6.09 Å². The Balaban J connectivity index is 1.49. The molecule has 2 aliphatic heterocycles. The van der Waals surface area contributed by atoms with Gasteiger partial charge in [-0.2, -0.15) is 0 Å². The van der Waals surface area contributed by atoms with Gasteiger partial charge in [-0.25, -0.2) is 4.79 Å². The van der Waals surface area contributed by atoms with Crippen LogP contribution in [0.15, 0.2) is 48.6 Å². The number of hydrogen-bond acceptors (Lipinski definition) is 9. The lowest BCUT2D eigenvalue weighted by atomic mass is 9.72. The Bertz CT molecular complexity index is 1850. The van der Waals surface area contributed by atoms with E-state index in [0.717, 1.165) is 56.9 Å². The van der Waals surface area contributed by atoms with Crippen molar-refractivity contribution in [1.82, 2.24) is 20.4 Å². The summed E-state index contributed by atoms with van der Waals surface area (Å²) < 4.78 is 11.7. The highest BCUT2D eigenvalue weighted by Gasteiger charge is 2.51. The molecule has 1 aromatic rings. The minimum atomic E-state index is -0.793. The molecule has 11 nitrogen and oxygen atoms in total. The van der Waals surface area contributed by atoms with Crippen LogP contribution in [-0.4, -0.2) is 100 Å². The molecule has 2 amide bonds. The molecular formula is C55H90N4O7. The number of allylic oxidation sites excluding steroid dienone is 3. The van der Waals surface area contributed by atoms with Gasteiger partial charge in [-0.05, 0) is 130 Å². The summed E-state index contributed by atoms with van der Waals surface area (Å²) in [7, 11) is 0. The quantitative estimate of drug-likeness (QED) is 0.0861. The predicted octanol–water partition coefficient (Wildman–Crippen LogP) is 10.8. The Morgan fingerprint density at radius 3 is 1.91 bits per heavy atom. The molecule has 0 spiro atoms. The third-order valence-corrected chi connectivity index (χ3v) is 12.2. The highest BCUT2D eigenvalue weighted by atomic mass is 16.6.